The van der Waals surface area contributed by atoms with E-state index < -0.39 is 11.9 Å². The van der Waals surface area contributed by atoms with Crippen molar-refractivity contribution in [3.8, 4) is 0 Å². The molecule has 3 aliphatic heterocycles. The Kier molecular flexibility index (Phi) is 10.9. The number of aliphatic imine (C=N–C) groups is 1. The number of carbonyl (C=O) groups excluding carboxylic acids is 4. The lowest BCUT2D eigenvalue weighted by atomic mass is 10.0. The van der Waals surface area contributed by atoms with Gasteiger partial charge in [-0.2, -0.15) is 0 Å². The number of nitrogens with two attached hydrogens (primary N) is 1. The van der Waals surface area contributed by atoms with E-state index in [4.69, 9.17) is 19.9 Å². The van der Waals surface area contributed by atoms with Crippen molar-refractivity contribution in [2.75, 3.05) is 63.5 Å². The Bertz CT molecular complexity index is 1440. The van der Waals surface area contributed by atoms with Gasteiger partial charge in [0.1, 0.15) is 12.2 Å². The largest absolute Gasteiger partial charge is 0.377 e. The fraction of sp³-hybridized carbons (Fsp3) is 0.433. The number of nitrogens with zero attached hydrogens (tertiary/aromatic N) is 2. The average molecular weight is 623 g/mol. The molecule has 2 aromatic rings. The molecule has 7 N–H and O–H groups in total. The van der Waals surface area contributed by atoms with E-state index >= 15 is 0 Å². The molecule has 2 aromatic carbocycles. The van der Waals surface area contributed by atoms with Crippen molar-refractivity contribution >= 4 is 47.0 Å². The zero-order chi connectivity index (χ0) is 31.6. The van der Waals surface area contributed by atoms with Crippen LogP contribution in [-0.4, -0.2) is 93.8 Å². The van der Waals surface area contributed by atoms with Crippen molar-refractivity contribution in [2.24, 2.45) is 10.7 Å². The standard InChI is InChI=1S/C30H38N8O7/c31-17-45-14-13-44-12-11-43-10-9-32-25(40)15-33-27-22(36-28-20-3-1-2-4-21(20)34-18-35-28)6-5-19-16-38(30(42)26(19)27)23-7-8-24(39)37-29(23)41/h1-6,18,23,28,33,36H,7-17,31H2,(H,32,40)(H,34,35)(H,37,39,41). The number of carbonyl (C=O) groups is 4. The average Bonchev–Trinajstić information content (AvgIpc) is 3.37. The lowest BCUT2D eigenvalue weighted by Gasteiger charge is -2.29. The van der Waals surface area contributed by atoms with Gasteiger partial charge in [-0.05, 0) is 24.1 Å². The monoisotopic (exact) mass is 622 g/mol. The lowest BCUT2D eigenvalue weighted by molar-refractivity contribution is -0.137. The van der Waals surface area contributed by atoms with E-state index in [0.29, 0.717) is 62.1 Å². The summed E-state index contributed by atoms with van der Waals surface area (Å²) >= 11 is 0. The lowest BCUT2D eigenvalue weighted by Crippen LogP contribution is -2.52. The minimum absolute atomic E-state index is 0.114. The molecule has 15 heteroatoms. The SMILES string of the molecule is NCOCCOCCOCCNC(=O)CNc1c(NC2NC=Nc3ccccc32)ccc2c1C(=O)N(C1CCC(=O)NC1=O)C2. The normalized spacial score (nSPS) is 18.6. The molecule has 1 fully saturated rings. The molecule has 0 spiro atoms. The van der Waals surface area contributed by atoms with Crippen molar-refractivity contribution in [1.29, 1.82) is 0 Å². The molecule has 0 bridgehead atoms. The number of hydrogen-bond acceptors (Lipinski definition) is 12. The van der Waals surface area contributed by atoms with Crippen molar-refractivity contribution < 1.29 is 33.4 Å². The number of benzene rings is 2. The van der Waals surface area contributed by atoms with Crippen LogP contribution in [0, 0.1) is 0 Å². The van der Waals surface area contributed by atoms with Crippen LogP contribution in [-0.2, 0) is 35.1 Å². The van der Waals surface area contributed by atoms with E-state index in [1.54, 1.807) is 6.34 Å². The number of para-hydroxylation sites is 1. The Hall–Kier alpha value is -4.57. The maximum atomic E-state index is 13.8. The predicted molar refractivity (Wildman–Crippen MR) is 165 cm³/mol. The van der Waals surface area contributed by atoms with Crippen LogP contribution in [0.1, 0.15) is 40.5 Å². The zero-order valence-electron chi connectivity index (χ0n) is 24.8. The zero-order valence-corrected chi connectivity index (χ0v) is 24.8. The first kappa shape index (κ1) is 31.8. The van der Waals surface area contributed by atoms with Gasteiger partial charge in [-0.25, -0.2) is 4.99 Å². The minimum atomic E-state index is -0.761. The van der Waals surface area contributed by atoms with Crippen LogP contribution in [0.3, 0.4) is 0 Å². The first-order chi connectivity index (χ1) is 22.0. The Morgan fingerprint density at radius 1 is 1.02 bits per heavy atom. The topological polar surface area (TPSA) is 198 Å². The number of rotatable bonds is 16. The number of hydrogen-bond donors (Lipinski definition) is 6. The summed E-state index contributed by atoms with van der Waals surface area (Å²) in [6.07, 6.45) is 1.65. The molecule has 2 unspecified atom stereocenters. The Labute approximate surface area is 260 Å². The van der Waals surface area contributed by atoms with Crippen LogP contribution in [0.5, 0.6) is 0 Å². The molecule has 2 atom stereocenters. The van der Waals surface area contributed by atoms with Crippen molar-refractivity contribution in [2.45, 2.75) is 31.6 Å². The molecule has 45 heavy (non-hydrogen) atoms. The highest BCUT2D eigenvalue weighted by Gasteiger charge is 2.41. The summed E-state index contributed by atoms with van der Waals surface area (Å²) in [5.41, 5.74) is 9.07. The molecular formula is C30H38N8O7. The number of amides is 4. The van der Waals surface area contributed by atoms with E-state index in [9.17, 15) is 19.2 Å². The molecule has 15 nitrogen and oxygen atoms in total. The van der Waals surface area contributed by atoms with Gasteiger partial charge >= 0.3 is 0 Å². The van der Waals surface area contributed by atoms with Gasteiger partial charge in [0.2, 0.25) is 17.7 Å². The van der Waals surface area contributed by atoms with E-state index in [0.717, 1.165) is 11.3 Å². The van der Waals surface area contributed by atoms with Gasteiger partial charge in [-0.1, -0.05) is 24.3 Å². The summed E-state index contributed by atoms with van der Waals surface area (Å²) < 4.78 is 15.8. The van der Waals surface area contributed by atoms with Crippen LogP contribution in [0.15, 0.2) is 41.4 Å². The molecule has 0 saturated carbocycles. The molecule has 0 aliphatic carbocycles. The number of anilines is 2. The van der Waals surface area contributed by atoms with Gasteiger partial charge < -0.3 is 46.1 Å². The number of piperidine rings is 1. The fourth-order valence-electron chi connectivity index (χ4n) is 5.37. The first-order valence-electron chi connectivity index (χ1n) is 14.8. The van der Waals surface area contributed by atoms with Gasteiger partial charge in [0.25, 0.3) is 5.91 Å². The van der Waals surface area contributed by atoms with Crippen molar-refractivity contribution in [1.82, 2.24) is 20.9 Å². The van der Waals surface area contributed by atoms with Gasteiger partial charge in [-0.3, -0.25) is 24.5 Å². The number of ether oxygens (including phenoxy) is 3. The van der Waals surface area contributed by atoms with Gasteiger partial charge in [0, 0.05) is 25.1 Å². The molecule has 0 radical (unpaired) electrons. The molecule has 4 amide bonds. The number of fused-ring (bicyclic) bond motifs is 2. The van der Waals surface area contributed by atoms with Gasteiger partial charge in [0.05, 0.1) is 75.3 Å². The summed E-state index contributed by atoms with van der Waals surface area (Å²) in [6, 6.07) is 10.6. The molecule has 0 aromatic heterocycles. The van der Waals surface area contributed by atoms with Gasteiger partial charge in [0.15, 0.2) is 0 Å². The molecule has 1 saturated heterocycles. The van der Waals surface area contributed by atoms with Crippen molar-refractivity contribution in [3.05, 3.63) is 53.1 Å². The summed E-state index contributed by atoms with van der Waals surface area (Å²) in [7, 11) is 0. The molecule has 240 valence electrons. The molecule has 3 aliphatic rings. The third-order valence-corrected chi connectivity index (χ3v) is 7.54. The predicted octanol–water partition coefficient (Wildman–Crippen LogP) is 0.315. The van der Waals surface area contributed by atoms with Crippen LogP contribution in [0.25, 0.3) is 0 Å². The second-order valence-corrected chi connectivity index (χ2v) is 10.5. The Morgan fingerprint density at radius 3 is 2.60 bits per heavy atom. The maximum Gasteiger partial charge on any atom is 0.257 e. The van der Waals surface area contributed by atoms with Crippen LogP contribution < -0.4 is 32.3 Å². The van der Waals surface area contributed by atoms with Gasteiger partial charge in [-0.15, -0.1) is 0 Å². The highest BCUT2D eigenvalue weighted by molar-refractivity contribution is 6.09. The summed E-state index contributed by atoms with van der Waals surface area (Å²) in [5, 5.41) is 14.9. The van der Waals surface area contributed by atoms with E-state index in [1.165, 1.54) is 4.90 Å². The van der Waals surface area contributed by atoms with E-state index in [1.807, 2.05) is 36.4 Å². The van der Waals surface area contributed by atoms with Crippen LogP contribution in [0.2, 0.25) is 0 Å². The Morgan fingerprint density at radius 2 is 1.80 bits per heavy atom. The quantitative estimate of drug-likeness (QED) is 0.0856. The minimum Gasteiger partial charge on any atom is -0.377 e. The highest BCUT2D eigenvalue weighted by atomic mass is 16.5. The van der Waals surface area contributed by atoms with Crippen molar-refractivity contribution in [3.63, 3.8) is 0 Å². The first-order valence-corrected chi connectivity index (χ1v) is 14.8. The van der Waals surface area contributed by atoms with E-state index in [-0.39, 0.29) is 56.5 Å². The van der Waals surface area contributed by atoms with Crippen LogP contribution in [0.4, 0.5) is 17.1 Å². The third kappa shape index (κ3) is 7.94. The number of imide groups is 1. The summed E-state index contributed by atoms with van der Waals surface area (Å²) in [6.45, 7) is 2.45. The summed E-state index contributed by atoms with van der Waals surface area (Å²) in [4.78, 5) is 56.8. The fourth-order valence-corrected chi connectivity index (χ4v) is 5.37. The molecule has 5 rings (SSSR count). The third-order valence-electron chi connectivity index (χ3n) is 7.54. The highest BCUT2D eigenvalue weighted by Crippen LogP contribution is 2.39. The summed E-state index contributed by atoms with van der Waals surface area (Å²) in [5.74, 6) is -1.49. The smallest absolute Gasteiger partial charge is 0.257 e. The van der Waals surface area contributed by atoms with E-state index in [2.05, 4.69) is 31.6 Å². The maximum absolute atomic E-state index is 13.8. The molecule has 3 heterocycles. The number of nitrogens with one attached hydrogen (secondary N) is 5. The van der Waals surface area contributed by atoms with Crippen LogP contribution >= 0.6 is 0 Å². The molecular weight excluding hydrogens is 584 g/mol. The second-order valence-electron chi connectivity index (χ2n) is 10.5. The Balaban J connectivity index is 1.24. The second kappa shape index (κ2) is 15.4.